The number of imidazole rings is 1. The molecule has 4 aromatic rings. The molecule has 2 aromatic carbocycles. The highest BCUT2D eigenvalue weighted by Crippen LogP contribution is 2.25. The summed E-state index contributed by atoms with van der Waals surface area (Å²) >= 11 is 0. The molecule has 7 nitrogen and oxygen atoms in total. The van der Waals surface area contributed by atoms with E-state index in [-0.39, 0.29) is 12.4 Å². The number of anilines is 1. The van der Waals surface area contributed by atoms with E-state index in [1.807, 2.05) is 36.4 Å². The minimum atomic E-state index is -0.395. The van der Waals surface area contributed by atoms with E-state index in [2.05, 4.69) is 45.1 Å². The zero-order chi connectivity index (χ0) is 21.4. The Balaban J connectivity index is 0.00000245. The molecule has 0 saturated heterocycles. The van der Waals surface area contributed by atoms with E-state index in [1.165, 1.54) is 0 Å². The number of nitrogens with one attached hydrogen (secondary N) is 3. The van der Waals surface area contributed by atoms with E-state index in [4.69, 9.17) is 4.42 Å². The molecule has 5 rings (SSSR count). The van der Waals surface area contributed by atoms with E-state index in [0.29, 0.717) is 17.0 Å². The van der Waals surface area contributed by atoms with Gasteiger partial charge >= 0.3 is 5.63 Å². The highest BCUT2D eigenvalue weighted by atomic mass is 35.5. The lowest BCUT2D eigenvalue weighted by atomic mass is 10.1. The molecule has 0 spiro atoms. The molecule has 0 saturated carbocycles. The third-order valence-corrected chi connectivity index (χ3v) is 5.83. The molecule has 0 fully saturated rings. The third-order valence-electron chi connectivity index (χ3n) is 5.83. The van der Waals surface area contributed by atoms with Crippen LogP contribution in [0.5, 0.6) is 0 Å². The van der Waals surface area contributed by atoms with Crippen molar-refractivity contribution in [2.24, 2.45) is 0 Å². The number of rotatable bonds is 5. The summed E-state index contributed by atoms with van der Waals surface area (Å²) in [6.45, 7) is 7.94. The summed E-state index contributed by atoms with van der Waals surface area (Å²) in [5, 5.41) is 4.26. The summed E-state index contributed by atoms with van der Waals surface area (Å²) in [7, 11) is 0. The number of fused-ring (bicyclic) bond motifs is 2. The van der Waals surface area contributed by atoms with Crippen molar-refractivity contribution in [3.05, 3.63) is 58.4 Å². The minimum absolute atomic E-state index is 0. The Morgan fingerprint density at radius 3 is 2.72 bits per heavy atom. The van der Waals surface area contributed by atoms with Gasteiger partial charge in [-0.25, -0.2) is 9.78 Å². The van der Waals surface area contributed by atoms with Crippen molar-refractivity contribution < 1.29 is 21.8 Å². The Hall–Kier alpha value is -3.32. The van der Waals surface area contributed by atoms with Crippen LogP contribution in [0.15, 0.2) is 51.7 Å². The first-order chi connectivity index (χ1) is 15.2. The average Bonchev–Trinajstić information content (AvgIpc) is 3.23. The van der Waals surface area contributed by atoms with Crippen molar-refractivity contribution in [3.63, 3.8) is 0 Å². The molecule has 3 N–H and O–H groups in total. The zero-order valence-electron chi connectivity index (χ0n) is 18.2. The van der Waals surface area contributed by atoms with E-state index < -0.39 is 5.63 Å². The molecule has 0 radical (unpaired) electrons. The van der Waals surface area contributed by atoms with Crippen LogP contribution < -0.4 is 33.2 Å². The summed E-state index contributed by atoms with van der Waals surface area (Å²) in [6.07, 6.45) is 1.11. The van der Waals surface area contributed by atoms with Crippen LogP contribution in [0.4, 0.5) is 5.69 Å². The van der Waals surface area contributed by atoms with Gasteiger partial charge < -0.3 is 26.7 Å². The van der Waals surface area contributed by atoms with Crippen molar-refractivity contribution in [2.75, 3.05) is 31.1 Å². The largest absolute Gasteiger partial charge is 1.00 e. The second-order valence-electron chi connectivity index (χ2n) is 7.74. The molecule has 0 amide bonds. The molecule has 0 aliphatic carbocycles. The number of benzene rings is 2. The maximum Gasteiger partial charge on any atom is 0.347 e. The quantitative estimate of drug-likeness (QED) is 0.339. The molecule has 0 atom stereocenters. The molecule has 1 aliphatic heterocycles. The Labute approximate surface area is 192 Å². The maximum atomic E-state index is 12.8. The first-order valence-corrected chi connectivity index (χ1v) is 10.8. The fraction of sp³-hybridized carbons (Fsp3) is 0.292. The lowest BCUT2D eigenvalue weighted by Crippen LogP contribution is -3.00. The topological polar surface area (TPSA) is 88.1 Å². The van der Waals surface area contributed by atoms with Crippen molar-refractivity contribution in [1.29, 1.82) is 0 Å². The number of nitrogens with zero attached hydrogens (tertiary/aromatic N) is 2. The van der Waals surface area contributed by atoms with Crippen LogP contribution >= 0.6 is 0 Å². The number of amidine groups is 1. The fourth-order valence-electron chi connectivity index (χ4n) is 4.12. The van der Waals surface area contributed by atoms with E-state index >= 15 is 0 Å². The van der Waals surface area contributed by atoms with Gasteiger partial charge in [-0.3, -0.25) is 10.3 Å². The number of H-pyrrole nitrogens is 1. The van der Waals surface area contributed by atoms with Crippen LogP contribution in [-0.2, 0) is 0 Å². The Kier molecular flexibility index (Phi) is 6.19. The van der Waals surface area contributed by atoms with Gasteiger partial charge in [-0.1, -0.05) is 0 Å². The predicted octanol–water partition coefficient (Wildman–Crippen LogP) is -0.993. The van der Waals surface area contributed by atoms with Gasteiger partial charge in [-0.2, -0.15) is 0 Å². The summed E-state index contributed by atoms with van der Waals surface area (Å²) in [5.41, 5.74) is 4.43. The molecule has 166 valence electrons. The minimum Gasteiger partial charge on any atom is -1.00 e. The number of aromatic amines is 1. The van der Waals surface area contributed by atoms with Crippen molar-refractivity contribution in [3.8, 4) is 11.4 Å². The van der Waals surface area contributed by atoms with Gasteiger partial charge in [-0.15, -0.1) is 0 Å². The standard InChI is InChI=1S/C24H25N5O2.ClH/c1-3-29(4-2)17-8-6-15-12-18(24(30)31-21(15)14-17)23-27-19-9-7-16(13-20(19)28-23)22-25-10-5-11-26-22;/h6-9,12-14H,3-5,10-11H2,1-2H3,(H,25,26)(H,27,28);1H. The van der Waals surface area contributed by atoms with Crippen molar-refractivity contribution in [1.82, 2.24) is 15.3 Å². The van der Waals surface area contributed by atoms with Gasteiger partial charge in [0.2, 0.25) is 0 Å². The van der Waals surface area contributed by atoms with Crippen LogP contribution in [0.1, 0.15) is 25.8 Å². The SMILES string of the molecule is CCN(CC)c1ccc2cc(-c3nc4ccc(C5=[NH+]CCCN5)cc4[nH]3)c(=O)oc2c1.[Cl-]. The number of aromatic nitrogens is 2. The lowest BCUT2D eigenvalue weighted by Gasteiger charge is -2.20. The fourth-order valence-corrected chi connectivity index (χ4v) is 4.12. The average molecular weight is 452 g/mol. The third kappa shape index (κ3) is 3.96. The summed E-state index contributed by atoms with van der Waals surface area (Å²) in [4.78, 5) is 26.3. The van der Waals surface area contributed by atoms with Gasteiger partial charge in [-0.05, 0) is 50.2 Å². The van der Waals surface area contributed by atoms with Crippen LogP contribution in [0, 0.1) is 0 Å². The van der Waals surface area contributed by atoms with Crippen molar-refractivity contribution in [2.45, 2.75) is 20.3 Å². The Bertz CT molecular complexity index is 1350. The first kappa shape index (κ1) is 21.9. The van der Waals surface area contributed by atoms with Crippen LogP contribution in [-0.4, -0.2) is 42.0 Å². The van der Waals surface area contributed by atoms with Gasteiger partial charge in [0, 0.05) is 36.7 Å². The molecule has 8 heteroatoms. The normalized spacial score (nSPS) is 13.5. The number of hydrogen-bond acceptors (Lipinski definition) is 5. The number of halogens is 1. The van der Waals surface area contributed by atoms with Crippen LogP contribution in [0.25, 0.3) is 33.4 Å². The number of hydrogen-bond donors (Lipinski definition) is 3. The second-order valence-corrected chi connectivity index (χ2v) is 7.74. The highest BCUT2D eigenvalue weighted by molar-refractivity contribution is 5.98. The maximum absolute atomic E-state index is 12.8. The molecule has 2 aromatic heterocycles. The lowest BCUT2D eigenvalue weighted by molar-refractivity contribution is -0.463. The van der Waals surface area contributed by atoms with Gasteiger partial charge in [0.15, 0.2) is 0 Å². The molecule has 32 heavy (non-hydrogen) atoms. The Morgan fingerprint density at radius 1 is 1.12 bits per heavy atom. The second kappa shape index (κ2) is 9.04. The molecule has 3 heterocycles. The van der Waals surface area contributed by atoms with Crippen LogP contribution in [0.2, 0.25) is 0 Å². The van der Waals surface area contributed by atoms with Crippen molar-refractivity contribution >= 4 is 33.5 Å². The smallest absolute Gasteiger partial charge is 0.347 e. The molecule has 0 unspecified atom stereocenters. The summed E-state index contributed by atoms with van der Waals surface area (Å²) in [6, 6.07) is 13.9. The molecular weight excluding hydrogens is 426 g/mol. The molecular formula is C24H26ClN5O2. The van der Waals surface area contributed by atoms with E-state index in [1.54, 1.807) is 0 Å². The molecule has 1 aliphatic rings. The van der Waals surface area contributed by atoms with Crippen LogP contribution in [0.3, 0.4) is 0 Å². The molecule has 0 bridgehead atoms. The van der Waals surface area contributed by atoms with E-state index in [0.717, 1.165) is 66.1 Å². The highest BCUT2D eigenvalue weighted by Gasteiger charge is 2.17. The zero-order valence-corrected chi connectivity index (χ0v) is 18.9. The van der Waals surface area contributed by atoms with Gasteiger partial charge in [0.25, 0.3) is 5.84 Å². The van der Waals surface area contributed by atoms with E-state index in [9.17, 15) is 4.79 Å². The summed E-state index contributed by atoms with van der Waals surface area (Å²) < 4.78 is 5.68. The van der Waals surface area contributed by atoms with Gasteiger partial charge in [0.05, 0.1) is 29.7 Å². The monoisotopic (exact) mass is 451 g/mol. The first-order valence-electron chi connectivity index (χ1n) is 10.8. The summed E-state index contributed by atoms with van der Waals surface area (Å²) in [5.74, 6) is 1.55. The van der Waals surface area contributed by atoms with Gasteiger partial charge in [0.1, 0.15) is 17.0 Å². The predicted molar refractivity (Wildman–Crippen MR) is 124 cm³/mol. The Morgan fingerprint density at radius 2 is 1.97 bits per heavy atom.